The van der Waals surface area contributed by atoms with E-state index in [2.05, 4.69) is 39.8 Å². The molecule has 0 amide bonds. The number of rotatable bonds is 7. The van der Waals surface area contributed by atoms with E-state index in [1.165, 1.54) is 11.4 Å². The van der Waals surface area contributed by atoms with Gasteiger partial charge in [-0.2, -0.15) is 14.9 Å². The Balaban J connectivity index is 1.59. The molecule has 1 N–H and O–H groups in total. The number of nitrogens with one attached hydrogen (secondary N) is 1. The van der Waals surface area contributed by atoms with Crippen molar-refractivity contribution in [2.45, 2.75) is 46.3 Å². The van der Waals surface area contributed by atoms with E-state index in [9.17, 15) is 0 Å². The quantitative estimate of drug-likeness (QED) is 0.447. The number of benzene rings is 1. The van der Waals surface area contributed by atoms with Gasteiger partial charge in [-0.3, -0.25) is 0 Å². The summed E-state index contributed by atoms with van der Waals surface area (Å²) in [5.74, 6) is 1.48. The first kappa shape index (κ1) is 20.6. The van der Waals surface area contributed by atoms with Gasteiger partial charge in [-0.1, -0.05) is 0 Å². The lowest BCUT2D eigenvalue weighted by Gasteiger charge is -2.14. The first-order valence-corrected chi connectivity index (χ1v) is 10.7. The van der Waals surface area contributed by atoms with Crippen molar-refractivity contribution in [3.8, 4) is 17.1 Å². The third-order valence-corrected chi connectivity index (χ3v) is 5.67. The van der Waals surface area contributed by atoms with Gasteiger partial charge in [0.15, 0.2) is 5.82 Å². The van der Waals surface area contributed by atoms with Crippen molar-refractivity contribution in [1.29, 1.82) is 0 Å². The molecule has 0 bridgehead atoms. The maximum absolute atomic E-state index is 5.81. The van der Waals surface area contributed by atoms with Crippen LogP contribution >= 0.6 is 12.2 Å². The molecule has 7 nitrogen and oxygen atoms in total. The molecule has 0 saturated carbocycles. The van der Waals surface area contributed by atoms with Gasteiger partial charge >= 0.3 is 0 Å². The van der Waals surface area contributed by atoms with Crippen LogP contribution in [0.2, 0.25) is 0 Å². The molecule has 1 aliphatic rings. The van der Waals surface area contributed by atoms with Crippen molar-refractivity contribution < 1.29 is 9.47 Å². The highest BCUT2D eigenvalue weighted by atomic mass is 32.1. The minimum Gasteiger partial charge on any atom is -0.494 e. The highest BCUT2D eigenvalue weighted by molar-refractivity contribution is 7.71. The summed E-state index contributed by atoms with van der Waals surface area (Å²) in [6.07, 6.45) is 4.41. The van der Waals surface area contributed by atoms with Gasteiger partial charge in [-0.05, 0) is 76.2 Å². The van der Waals surface area contributed by atoms with Crippen molar-refractivity contribution in [3.63, 3.8) is 0 Å². The lowest BCUT2D eigenvalue weighted by Crippen LogP contribution is -2.16. The molecule has 1 atom stereocenters. The number of aromatic amines is 1. The van der Waals surface area contributed by atoms with Crippen LogP contribution in [0.5, 0.6) is 5.75 Å². The van der Waals surface area contributed by atoms with E-state index < -0.39 is 0 Å². The van der Waals surface area contributed by atoms with Gasteiger partial charge in [-0.15, -0.1) is 0 Å². The Hall–Kier alpha value is -2.71. The molecule has 8 heteroatoms. The number of hydrogen-bond acceptors (Lipinski definition) is 5. The number of aryl methyl sites for hydroxylation is 1. The second-order valence-corrected chi connectivity index (χ2v) is 7.82. The third-order valence-electron chi connectivity index (χ3n) is 5.41. The Morgan fingerprint density at radius 2 is 2.13 bits per heavy atom. The predicted molar refractivity (Wildman–Crippen MR) is 120 cm³/mol. The topological polar surface area (TPSA) is 69.4 Å². The van der Waals surface area contributed by atoms with Crippen molar-refractivity contribution in [3.05, 3.63) is 52.1 Å². The summed E-state index contributed by atoms with van der Waals surface area (Å²) >= 11 is 5.40. The zero-order valence-electron chi connectivity index (χ0n) is 17.6. The monoisotopic (exact) mass is 425 g/mol. The van der Waals surface area contributed by atoms with E-state index in [1.807, 2.05) is 37.4 Å². The van der Waals surface area contributed by atoms with E-state index >= 15 is 0 Å². The molecule has 0 unspecified atom stereocenters. The molecular formula is C22H27N5O2S. The summed E-state index contributed by atoms with van der Waals surface area (Å²) in [6.45, 7) is 8.58. The van der Waals surface area contributed by atoms with Gasteiger partial charge in [0.05, 0.1) is 18.9 Å². The Kier molecular flexibility index (Phi) is 6.15. The van der Waals surface area contributed by atoms with Crippen LogP contribution < -0.4 is 4.74 Å². The van der Waals surface area contributed by atoms with Gasteiger partial charge in [0.25, 0.3) is 0 Å². The van der Waals surface area contributed by atoms with Crippen molar-refractivity contribution in [2.75, 3.05) is 13.2 Å². The summed E-state index contributed by atoms with van der Waals surface area (Å²) in [7, 11) is 0. The zero-order chi connectivity index (χ0) is 21.1. The molecule has 158 valence electrons. The predicted octanol–water partition coefficient (Wildman–Crippen LogP) is 4.49. The molecule has 3 heterocycles. The Morgan fingerprint density at radius 3 is 2.83 bits per heavy atom. The molecule has 3 aromatic rings. The summed E-state index contributed by atoms with van der Waals surface area (Å²) in [5.41, 5.74) is 4.34. The average Bonchev–Trinajstić information content (AvgIpc) is 3.45. The lowest BCUT2D eigenvalue weighted by atomic mass is 10.2. The smallest absolute Gasteiger partial charge is 0.216 e. The molecule has 1 fully saturated rings. The number of aromatic nitrogens is 4. The largest absolute Gasteiger partial charge is 0.494 e. The van der Waals surface area contributed by atoms with Gasteiger partial charge in [0, 0.05) is 35.7 Å². The molecule has 4 rings (SSSR count). The maximum atomic E-state index is 5.81. The highest BCUT2D eigenvalue weighted by Crippen LogP contribution is 2.22. The van der Waals surface area contributed by atoms with Crippen LogP contribution in [0.3, 0.4) is 0 Å². The van der Waals surface area contributed by atoms with Crippen molar-refractivity contribution in [2.24, 2.45) is 5.10 Å². The maximum Gasteiger partial charge on any atom is 0.216 e. The lowest BCUT2D eigenvalue weighted by molar-refractivity contribution is 0.0962. The average molecular weight is 426 g/mol. The van der Waals surface area contributed by atoms with Crippen LogP contribution in [0.1, 0.15) is 36.7 Å². The minimum absolute atomic E-state index is 0.299. The number of nitrogens with zero attached hydrogens (tertiary/aromatic N) is 4. The van der Waals surface area contributed by atoms with Crippen LogP contribution in [0, 0.1) is 18.6 Å². The number of H-pyrrole nitrogens is 1. The van der Waals surface area contributed by atoms with Crippen LogP contribution in [0.25, 0.3) is 11.4 Å². The number of ether oxygens (including phenoxy) is 2. The standard InChI is InChI=1S/C22H27N5O2S/c1-4-28-19-9-7-17(8-10-19)21-24-25-22(30)27(21)23-13-18-12-15(2)26(16(18)3)14-20-6-5-11-29-20/h7-10,12-13,20H,4-6,11,14H2,1-3H3,(H,25,30)/b23-13-/t20-/m1/s1. The summed E-state index contributed by atoms with van der Waals surface area (Å²) < 4.78 is 15.7. The normalized spacial score (nSPS) is 16.6. The van der Waals surface area contributed by atoms with Crippen molar-refractivity contribution >= 4 is 18.4 Å². The molecule has 0 spiro atoms. The fraction of sp³-hybridized carbons (Fsp3) is 0.409. The molecule has 0 aliphatic carbocycles. The third kappa shape index (κ3) is 4.24. The van der Waals surface area contributed by atoms with Crippen LogP contribution in [-0.2, 0) is 11.3 Å². The van der Waals surface area contributed by atoms with Crippen molar-refractivity contribution in [1.82, 2.24) is 19.4 Å². The molecule has 2 aromatic heterocycles. The van der Waals surface area contributed by atoms with E-state index in [0.29, 0.717) is 23.3 Å². The fourth-order valence-electron chi connectivity index (χ4n) is 3.80. The molecule has 1 aromatic carbocycles. The van der Waals surface area contributed by atoms with E-state index in [1.54, 1.807) is 4.68 Å². The summed E-state index contributed by atoms with van der Waals surface area (Å²) in [4.78, 5) is 0. The second-order valence-electron chi connectivity index (χ2n) is 7.44. The first-order chi connectivity index (χ1) is 14.6. The van der Waals surface area contributed by atoms with Crippen LogP contribution in [0.15, 0.2) is 35.4 Å². The Morgan fingerprint density at radius 1 is 1.33 bits per heavy atom. The number of hydrogen-bond donors (Lipinski definition) is 1. The molecular weight excluding hydrogens is 398 g/mol. The molecule has 30 heavy (non-hydrogen) atoms. The fourth-order valence-corrected chi connectivity index (χ4v) is 3.98. The first-order valence-electron chi connectivity index (χ1n) is 10.3. The van der Waals surface area contributed by atoms with Crippen LogP contribution in [-0.4, -0.2) is 45.0 Å². The van der Waals surface area contributed by atoms with Crippen LogP contribution in [0.4, 0.5) is 0 Å². The van der Waals surface area contributed by atoms with Gasteiger partial charge in [0.1, 0.15) is 5.75 Å². The Bertz CT molecular complexity index is 1090. The minimum atomic E-state index is 0.299. The molecule has 1 saturated heterocycles. The SMILES string of the molecule is CCOc1ccc(-c2n[nH]c(=S)n2/N=C\c2cc(C)n(C[C@H]3CCCO3)c2C)cc1. The highest BCUT2D eigenvalue weighted by Gasteiger charge is 2.18. The summed E-state index contributed by atoms with van der Waals surface area (Å²) in [6, 6.07) is 9.89. The van der Waals surface area contributed by atoms with E-state index in [-0.39, 0.29) is 0 Å². The Labute approximate surface area is 181 Å². The van der Waals surface area contributed by atoms with E-state index in [0.717, 1.165) is 42.9 Å². The van der Waals surface area contributed by atoms with Gasteiger partial charge in [0.2, 0.25) is 4.77 Å². The second kappa shape index (κ2) is 8.97. The zero-order valence-corrected chi connectivity index (χ0v) is 18.4. The van der Waals surface area contributed by atoms with E-state index in [4.69, 9.17) is 21.7 Å². The van der Waals surface area contributed by atoms with Gasteiger partial charge in [-0.25, -0.2) is 5.10 Å². The molecule has 1 aliphatic heterocycles. The van der Waals surface area contributed by atoms with Gasteiger partial charge < -0.3 is 14.0 Å². The summed E-state index contributed by atoms with van der Waals surface area (Å²) in [5, 5.41) is 11.8. The molecule has 0 radical (unpaired) electrons.